The summed E-state index contributed by atoms with van der Waals surface area (Å²) in [5.41, 5.74) is 0.560. The lowest BCUT2D eigenvalue weighted by molar-refractivity contribution is 0.498. The Morgan fingerprint density at radius 1 is 1.17 bits per heavy atom. The third kappa shape index (κ3) is 2.72. The largest absolute Gasteiger partial charge is 0.468 e. The number of sulfonamides is 1. The molecule has 1 aromatic heterocycles. The molecule has 0 amide bonds. The Bertz CT molecular complexity index is 606. The summed E-state index contributed by atoms with van der Waals surface area (Å²) in [4.78, 5) is 0.221. The fourth-order valence-corrected chi connectivity index (χ4v) is 2.77. The zero-order valence-corrected chi connectivity index (χ0v) is 10.7. The van der Waals surface area contributed by atoms with Gasteiger partial charge < -0.3 is 9.73 Å². The van der Waals surface area contributed by atoms with Gasteiger partial charge in [0, 0.05) is 7.05 Å². The molecule has 0 saturated carbocycles. The summed E-state index contributed by atoms with van der Waals surface area (Å²) in [6.45, 7) is 0.132. The van der Waals surface area contributed by atoms with E-state index in [0.29, 0.717) is 11.4 Å². The van der Waals surface area contributed by atoms with Gasteiger partial charge >= 0.3 is 0 Å². The van der Waals surface area contributed by atoms with Crippen LogP contribution in [0.15, 0.2) is 52.0 Å². The van der Waals surface area contributed by atoms with Gasteiger partial charge in [-0.3, -0.25) is 0 Å². The topological polar surface area (TPSA) is 71.3 Å². The zero-order valence-electron chi connectivity index (χ0n) is 9.88. The van der Waals surface area contributed by atoms with Gasteiger partial charge in [0.1, 0.15) is 10.7 Å². The molecule has 0 radical (unpaired) electrons. The second kappa shape index (κ2) is 5.24. The number of benzene rings is 1. The van der Waals surface area contributed by atoms with Crippen LogP contribution in [0.1, 0.15) is 5.76 Å². The molecule has 2 aromatic rings. The van der Waals surface area contributed by atoms with Gasteiger partial charge in [-0.2, -0.15) is 0 Å². The maximum atomic E-state index is 12.1. The molecule has 0 atom stereocenters. The van der Waals surface area contributed by atoms with Gasteiger partial charge in [-0.15, -0.1) is 0 Å². The Kier molecular flexibility index (Phi) is 3.69. The fourth-order valence-electron chi connectivity index (χ4n) is 1.56. The SMILES string of the molecule is CNc1ccccc1S(=O)(=O)NCc1ccco1. The van der Waals surface area contributed by atoms with Crippen molar-refractivity contribution in [2.75, 3.05) is 12.4 Å². The first kappa shape index (κ1) is 12.7. The van der Waals surface area contributed by atoms with Crippen molar-refractivity contribution in [1.29, 1.82) is 0 Å². The van der Waals surface area contributed by atoms with Crippen LogP contribution in [0.25, 0.3) is 0 Å². The highest BCUT2D eigenvalue weighted by atomic mass is 32.2. The van der Waals surface area contributed by atoms with Crippen molar-refractivity contribution in [1.82, 2.24) is 4.72 Å². The Morgan fingerprint density at radius 2 is 1.94 bits per heavy atom. The summed E-state index contributed by atoms with van der Waals surface area (Å²) in [6.07, 6.45) is 1.51. The minimum atomic E-state index is -3.55. The Labute approximate surface area is 106 Å². The van der Waals surface area contributed by atoms with E-state index in [0.717, 1.165) is 0 Å². The zero-order chi connectivity index (χ0) is 13.0. The van der Waals surface area contributed by atoms with Crippen LogP contribution in [0.5, 0.6) is 0 Å². The number of para-hydroxylation sites is 1. The second-order valence-corrected chi connectivity index (χ2v) is 5.39. The van der Waals surface area contributed by atoms with Crippen LogP contribution in [0, 0.1) is 0 Å². The van der Waals surface area contributed by atoms with Crippen molar-refractivity contribution in [2.24, 2.45) is 0 Å². The second-order valence-electron chi connectivity index (χ2n) is 3.65. The quantitative estimate of drug-likeness (QED) is 0.865. The van der Waals surface area contributed by atoms with Crippen LogP contribution >= 0.6 is 0 Å². The number of nitrogens with one attached hydrogen (secondary N) is 2. The van der Waals surface area contributed by atoms with Crippen LogP contribution in [-0.4, -0.2) is 15.5 Å². The van der Waals surface area contributed by atoms with Gasteiger partial charge in [0.2, 0.25) is 10.0 Å². The number of hydrogen-bond acceptors (Lipinski definition) is 4. The first-order chi connectivity index (χ1) is 8.63. The number of anilines is 1. The Balaban J connectivity index is 2.20. The fraction of sp³-hybridized carbons (Fsp3) is 0.167. The highest BCUT2D eigenvalue weighted by Gasteiger charge is 2.17. The summed E-state index contributed by atoms with van der Waals surface area (Å²) in [5.74, 6) is 0.570. The number of rotatable bonds is 5. The summed E-state index contributed by atoms with van der Waals surface area (Å²) in [7, 11) is -1.87. The average Bonchev–Trinajstić information content (AvgIpc) is 2.89. The van der Waals surface area contributed by atoms with E-state index in [4.69, 9.17) is 4.42 Å². The molecule has 0 bridgehead atoms. The molecule has 18 heavy (non-hydrogen) atoms. The smallest absolute Gasteiger partial charge is 0.243 e. The maximum absolute atomic E-state index is 12.1. The van der Waals surface area contributed by atoms with Crippen LogP contribution < -0.4 is 10.0 Å². The van der Waals surface area contributed by atoms with E-state index in [1.54, 1.807) is 43.4 Å². The van der Waals surface area contributed by atoms with Gasteiger partial charge in [0.25, 0.3) is 0 Å². The lowest BCUT2D eigenvalue weighted by Crippen LogP contribution is -2.23. The first-order valence-electron chi connectivity index (χ1n) is 5.42. The van der Waals surface area contributed by atoms with E-state index < -0.39 is 10.0 Å². The van der Waals surface area contributed by atoms with Gasteiger partial charge in [-0.1, -0.05) is 12.1 Å². The van der Waals surface area contributed by atoms with E-state index in [2.05, 4.69) is 10.0 Å². The van der Waals surface area contributed by atoms with Crippen LogP contribution in [0.3, 0.4) is 0 Å². The van der Waals surface area contributed by atoms with Crippen LogP contribution in [0.4, 0.5) is 5.69 Å². The maximum Gasteiger partial charge on any atom is 0.243 e. The van der Waals surface area contributed by atoms with Gasteiger partial charge in [-0.25, -0.2) is 13.1 Å². The number of furan rings is 1. The average molecular weight is 266 g/mol. The molecule has 1 aromatic carbocycles. The highest BCUT2D eigenvalue weighted by molar-refractivity contribution is 7.89. The predicted octanol–water partition coefficient (Wildman–Crippen LogP) is 1.80. The van der Waals surface area contributed by atoms with Gasteiger partial charge in [0.05, 0.1) is 18.5 Å². The molecule has 0 aliphatic carbocycles. The molecule has 0 saturated heterocycles. The molecule has 6 heteroatoms. The lowest BCUT2D eigenvalue weighted by Gasteiger charge is -2.10. The van der Waals surface area contributed by atoms with Crippen molar-refractivity contribution in [3.05, 3.63) is 48.4 Å². The van der Waals surface area contributed by atoms with Crippen molar-refractivity contribution in [3.8, 4) is 0 Å². The summed E-state index contributed by atoms with van der Waals surface area (Å²) in [6, 6.07) is 10.1. The van der Waals surface area contributed by atoms with Crippen molar-refractivity contribution < 1.29 is 12.8 Å². The molecule has 2 rings (SSSR count). The first-order valence-corrected chi connectivity index (χ1v) is 6.90. The van der Waals surface area contributed by atoms with Crippen LogP contribution in [-0.2, 0) is 16.6 Å². The molecule has 1 heterocycles. The van der Waals surface area contributed by atoms with E-state index >= 15 is 0 Å². The van der Waals surface area contributed by atoms with Crippen molar-refractivity contribution in [3.63, 3.8) is 0 Å². The van der Waals surface area contributed by atoms with E-state index in [9.17, 15) is 8.42 Å². The third-order valence-electron chi connectivity index (χ3n) is 2.46. The Hall–Kier alpha value is -1.79. The molecule has 0 fully saturated rings. The lowest BCUT2D eigenvalue weighted by atomic mass is 10.3. The molecule has 2 N–H and O–H groups in total. The molecular weight excluding hydrogens is 252 g/mol. The molecule has 0 aliphatic rings. The van der Waals surface area contributed by atoms with Gasteiger partial charge in [-0.05, 0) is 24.3 Å². The van der Waals surface area contributed by atoms with E-state index in [-0.39, 0.29) is 11.4 Å². The molecule has 0 spiro atoms. The molecule has 5 nitrogen and oxygen atoms in total. The third-order valence-corrected chi connectivity index (χ3v) is 3.92. The highest BCUT2D eigenvalue weighted by Crippen LogP contribution is 2.20. The minimum Gasteiger partial charge on any atom is -0.468 e. The van der Waals surface area contributed by atoms with Crippen molar-refractivity contribution >= 4 is 15.7 Å². The van der Waals surface area contributed by atoms with E-state index in [1.165, 1.54) is 6.26 Å². The summed E-state index contributed by atoms with van der Waals surface area (Å²) in [5, 5.41) is 2.85. The van der Waals surface area contributed by atoms with Gasteiger partial charge in [0.15, 0.2) is 0 Å². The monoisotopic (exact) mass is 266 g/mol. The normalized spacial score (nSPS) is 11.4. The number of hydrogen-bond donors (Lipinski definition) is 2. The Morgan fingerprint density at radius 3 is 2.61 bits per heavy atom. The summed E-state index contributed by atoms with van der Waals surface area (Å²) >= 11 is 0. The van der Waals surface area contributed by atoms with Crippen LogP contribution in [0.2, 0.25) is 0 Å². The summed E-state index contributed by atoms with van der Waals surface area (Å²) < 4.78 is 31.8. The predicted molar refractivity (Wildman–Crippen MR) is 68.7 cm³/mol. The molecule has 96 valence electrons. The molecule has 0 aliphatic heterocycles. The standard InChI is InChI=1S/C12H14N2O3S/c1-13-11-6-2-3-7-12(11)18(15,16)14-9-10-5-4-8-17-10/h2-8,13-14H,9H2,1H3. The minimum absolute atomic E-state index is 0.132. The molecular formula is C12H14N2O3S. The van der Waals surface area contributed by atoms with Crippen molar-refractivity contribution in [2.45, 2.75) is 11.4 Å². The van der Waals surface area contributed by atoms with E-state index in [1.807, 2.05) is 0 Å². The molecule has 0 unspecified atom stereocenters.